The Hall–Kier alpha value is -1.35. The predicted octanol–water partition coefficient (Wildman–Crippen LogP) is 2.96. The molecule has 0 spiro atoms. The Morgan fingerprint density at radius 3 is 2.81 bits per heavy atom. The summed E-state index contributed by atoms with van der Waals surface area (Å²) in [7, 11) is 0. The summed E-state index contributed by atoms with van der Waals surface area (Å²) in [5, 5.41) is 6.68. The fourth-order valence-corrected chi connectivity index (χ4v) is 3.31. The normalized spacial score (nSPS) is 23.4. The largest absolute Gasteiger partial charge is 0.353 e. The zero-order valence-corrected chi connectivity index (χ0v) is 13.1. The highest BCUT2D eigenvalue weighted by Crippen LogP contribution is 2.43. The summed E-state index contributed by atoms with van der Waals surface area (Å²) >= 11 is 0. The molecule has 3 heteroatoms. The maximum Gasteiger partial charge on any atom is 0.221 e. The molecule has 1 saturated carbocycles. The average Bonchev–Trinajstić information content (AvgIpc) is 3.25. The second-order valence-corrected chi connectivity index (χ2v) is 7.17. The third-order valence-electron chi connectivity index (χ3n) is 4.83. The van der Waals surface area contributed by atoms with Crippen LogP contribution >= 0.6 is 0 Å². The molecule has 1 fully saturated rings. The summed E-state index contributed by atoms with van der Waals surface area (Å²) in [6.45, 7) is 5.40. The van der Waals surface area contributed by atoms with Gasteiger partial charge in [0.1, 0.15) is 0 Å². The van der Waals surface area contributed by atoms with Crippen molar-refractivity contribution in [3.8, 4) is 0 Å². The number of fused-ring (bicyclic) bond motifs is 1. The number of amides is 1. The molecule has 1 atom stereocenters. The van der Waals surface area contributed by atoms with Crippen LogP contribution in [0, 0.1) is 5.41 Å². The van der Waals surface area contributed by atoms with Gasteiger partial charge in [-0.1, -0.05) is 38.1 Å². The molecule has 2 N–H and O–H groups in total. The first-order valence-corrected chi connectivity index (χ1v) is 8.17. The third-order valence-corrected chi connectivity index (χ3v) is 4.83. The first kappa shape index (κ1) is 14.6. The number of carbonyl (C=O) groups is 1. The van der Waals surface area contributed by atoms with E-state index in [4.69, 9.17) is 0 Å². The Morgan fingerprint density at radius 1 is 1.29 bits per heavy atom. The fraction of sp³-hybridized carbons (Fsp3) is 0.611. The second kappa shape index (κ2) is 5.80. The van der Waals surface area contributed by atoms with Gasteiger partial charge in [-0.3, -0.25) is 4.79 Å². The molecule has 3 rings (SSSR count). The van der Waals surface area contributed by atoms with Gasteiger partial charge in [0.25, 0.3) is 0 Å². The van der Waals surface area contributed by atoms with Crippen molar-refractivity contribution in [2.75, 3.05) is 6.54 Å². The van der Waals surface area contributed by atoms with Crippen LogP contribution in [0.5, 0.6) is 0 Å². The Kier molecular flexibility index (Phi) is 4.03. The quantitative estimate of drug-likeness (QED) is 0.874. The van der Waals surface area contributed by atoms with Crippen LogP contribution in [-0.4, -0.2) is 18.5 Å². The van der Waals surface area contributed by atoms with E-state index in [1.165, 1.54) is 17.5 Å². The Labute approximate surface area is 127 Å². The molecular formula is C18H26N2O. The highest BCUT2D eigenvalue weighted by molar-refractivity contribution is 5.76. The maximum atomic E-state index is 11.8. The lowest BCUT2D eigenvalue weighted by atomic mass is 9.70. The van der Waals surface area contributed by atoms with Crippen molar-refractivity contribution >= 4 is 5.91 Å². The molecule has 0 radical (unpaired) electrons. The lowest BCUT2D eigenvalue weighted by molar-refractivity contribution is -0.121. The monoisotopic (exact) mass is 286 g/mol. The fourth-order valence-electron chi connectivity index (χ4n) is 3.31. The van der Waals surface area contributed by atoms with E-state index in [0.29, 0.717) is 18.5 Å². The topological polar surface area (TPSA) is 41.1 Å². The number of rotatable bonds is 5. The standard InChI is InChI=1S/C18H26N2O/c1-18(2)11-9-13-5-3-4-6-15(13)17(18)19-12-10-16(21)20-14-7-8-14/h3-6,14,17,19H,7-12H2,1-2H3,(H,20,21). The van der Waals surface area contributed by atoms with Gasteiger partial charge in [0.05, 0.1) is 0 Å². The number of nitrogens with one attached hydrogen (secondary N) is 2. The van der Waals surface area contributed by atoms with Gasteiger partial charge < -0.3 is 10.6 Å². The lowest BCUT2D eigenvalue weighted by Crippen LogP contribution is -2.39. The van der Waals surface area contributed by atoms with Gasteiger partial charge in [-0.05, 0) is 42.2 Å². The van der Waals surface area contributed by atoms with Gasteiger partial charge in [-0.2, -0.15) is 0 Å². The number of hydrogen-bond donors (Lipinski definition) is 2. The minimum absolute atomic E-state index is 0.187. The molecule has 2 aliphatic rings. The van der Waals surface area contributed by atoms with Gasteiger partial charge >= 0.3 is 0 Å². The van der Waals surface area contributed by atoms with Gasteiger partial charge in [-0.25, -0.2) is 0 Å². The summed E-state index contributed by atoms with van der Waals surface area (Å²) in [6, 6.07) is 9.52. The molecule has 21 heavy (non-hydrogen) atoms. The van der Waals surface area contributed by atoms with E-state index in [9.17, 15) is 4.79 Å². The summed E-state index contributed by atoms with van der Waals surface area (Å²) in [5.41, 5.74) is 3.11. The summed E-state index contributed by atoms with van der Waals surface area (Å²) in [6.07, 6.45) is 5.23. The van der Waals surface area contributed by atoms with Crippen LogP contribution in [0.15, 0.2) is 24.3 Å². The van der Waals surface area contributed by atoms with E-state index in [0.717, 1.165) is 25.8 Å². The van der Waals surface area contributed by atoms with Crippen molar-refractivity contribution in [2.45, 2.75) is 58.0 Å². The molecule has 2 aliphatic carbocycles. The molecule has 0 saturated heterocycles. The minimum atomic E-state index is 0.187. The smallest absolute Gasteiger partial charge is 0.221 e. The van der Waals surface area contributed by atoms with Crippen molar-refractivity contribution in [3.63, 3.8) is 0 Å². The van der Waals surface area contributed by atoms with Crippen LogP contribution in [0.3, 0.4) is 0 Å². The van der Waals surface area contributed by atoms with E-state index in [1.54, 1.807) is 0 Å². The van der Waals surface area contributed by atoms with E-state index in [-0.39, 0.29) is 11.3 Å². The second-order valence-electron chi connectivity index (χ2n) is 7.17. The van der Waals surface area contributed by atoms with E-state index in [1.807, 2.05) is 0 Å². The Morgan fingerprint density at radius 2 is 2.05 bits per heavy atom. The molecule has 114 valence electrons. The van der Waals surface area contributed by atoms with Gasteiger partial charge in [0, 0.05) is 25.0 Å². The maximum absolute atomic E-state index is 11.8. The van der Waals surface area contributed by atoms with Crippen LogP contribution < -0.4 is 10.6 Å². The number of carbonyl (C=O) groups excluding carboxylic acids is 1. The zero-order valence-electron chi connectivity index (χ0n) is 13.1. The molecule has 0 heterocycles. The molecule has 0 bridgehead atoms. The molecule has 1 amide bonds. The van der Waals surface area contributed by atoms with Crippen LogP contribution in [0.2, 0.25) is 0 Å². The lowest BCUT2D eigenvalue weighted by Gasteiger charge is -2.40. The number of hydrogen-bond acceptors (Lipinski definition) is 2. The van der Waals surface area contributed by atoms with Crippen molar-refractivity contribution in [3.05, 3.63) is 35.4 Å². The van der Waals surface area contributed by atoms with Crippen molar-refractivity contribution in [1.29, 1.82) is 0 Å². The summed E-state index contributed by atoms with van der Waals surface area (Å²) < 4.78 is 0. The minimum Gasteiger partial charge on any atom is -0.353 e. The van der Waals surface area contributed by atoms with E-state index < -0.39 is 0 Å². The SMILES string of the molecule is CC1(C)CCc2ccccc2C1NCCC(=O)NC1CC1. The van der Waals surface area contributed by atoms with Crippen LogP contribution in [0.4, 0.5) is 0 Å². The van der Waals surface area contributed by atoms with Crippen LogP contribution in [0.25, 0.3) is 0 Å². The van der Waals surface area contributed by atoms with E-state index >= 15 is 0 Å². The van der Waals surface area contributed by atoms with Crippen LogP contribution in [-0.2, 0) is 11.2 Å². The third kappa shape index (κ3) is 3.46. The Balaban J connectivity index is 1.61. The number of benzene rings is 1. The molecular weight excluding hydrogens is 260 g/mol. The molecule has 1 aromatic rings. The van der Waals surface area contributed by atoms with Crippen LogP contribution in [0.1, 0.15) is 56.7 Å². The van der Waals surface area contributed by atoms with Gasteiger partial charge in [0.15, 0.2) is 0 Å². The van der Waals surface area contributed by atoms with Crippen molar-refractivity contribution in [1.82, 2.24) is 10.6 Å². The molecule has 3 nitrogen and oxygen atoms in total. The first-order chi connectivity index (χ1) is 10.1. The Bertz CT molecular complexity index is 520. The summed E-state index contributed by atoms with van der Waals surface area (Å²) in [5.74, 6) is 0.187. The van der Waals surface area contributed by atoms with Gasteiger partial charge in [0.2, 0.25) is 5.91 Å². The predicted molar refractivity (Wildman–Crippen MR) is 85.1 cm³/mol. The summed E-state index contributed by atoms with van der Waals surface area (Å²) in [4.78, 5) is 11.8. The first-order valence-electron chi connectivity index (χ1n) is 8.17. The van der Waals surface area contributed by atoms with Gasteiger partial charge in [-0.15, -0.1) is 0 Å². The van der Waals surface area contributed by atoms with Crippen molar-refractivity contribution < 1.29 is 4.79 Å². The van der Waals surface area contributed by atoms with E-state index in [2.05, 4.69) is 48.7 Å². The van der Waals surface area contributed by atoms with Crippen molar-refractivity contribution in [2.24, 2.45) is 5.41 Å². The average molecular weight is 286 g/mol. The highest BCUT2D eigenvalue weighted by Gasteiger charge is 2.35. The number of aryl methyl sites for hydroxylation is 1. The highest BCUT2D eigenvalue weighted by atomic mass is 16.1. The molecule has 1 unspecified atom stereocenters. The zero-order chi connectivity index (χ0) is 14.9. The molecule has 0 aliphatic heterocycles. The molecule has 0 aromatic heterocycles. The molecule has 1 aromatic carbocycles.